The summed E-state index contributed by atoms with van der Waals surface area (Å²) in [5, 5.41) is 4.66. The second-order valence-electron chi connectivity index (χ2n) is 12.1. The van der Waals surface area contributed by atoms with Crippen molar-refractivity contribution in [3.8, 4) is 11.3 Å². The van der Waals surface area contributed by atoms with Gasteiger partial charge in [0.1, 0.15) is 8.42 Å². The Morgan fingerprint density at radius 1 is 0.939 bits per heavy atom. The van der Waals surface area contributed by atoms with E-state index in [0.29, 0.717) is 6.04 Å². The first-order valence-electron chi connectivity index (χ1n) is 12.9. The Bertz CT molecular complexity index is 1520. The summed E-state index contributed by atoms with van der Waals surface area (Å²) >= 11 is 1.88. The number of aryl methyl sites for hydroxylation is 1. The Labute approximate surface area is 206 Å². The zero-order valence-corrected chi connectivity index (χ0v) is 22.1. The summed E-state index contributed by atoms with van der Waals surface area (Å²) in [6, 6.07) is 13.6. The maximum atomic E-state index is 8.86. The quantitative estimate of drug-likeness (QED) is 0.241. The highest BCUT2D eigenvalue weighted by Crippen LogP contribution is 2.52. The SMILES string of the molecule is [2H]c1c([2H])[n+](C)c2c3c(cc(CC(C)(C)C)cc13)Sc1c-2c(C)c2ccccc2c1CC(C)(C)C. The van der Waals surface area contributed by atoms with Crippen molar-refractivity contribution >= 4 is 33.3 Å². The van der Waals surface area contributed by atoms with Gasteiger partial charge in [-0.05, 0) is 69.5 Å². The van der Waals surface area contributed by atoms with Gasteiger partial charge in [-0.2, -0.15) is 0 Å². The number of nitrogens with zero attached hydrogens (tertiary/aromatic N) is 1. The first kappa shape index (κ1) is 20.1. The number of hydrogen-bond donors (Lipinski definition) is 0. The monoisotopic (exact) mass is 456 g/mol. The van der Waals surface area contributed by atoms with Crippen LogP contribution in [0.3, 0.4) is 0 Å². The molecule has 5 rings (SSSR count). The minimum Gasteiger partial charge on any atom is -0.200 e. The maximum Gasteiger partial charge on any atom is 0.222 e. The largest absolute Gasteiger partial charge is 0.222 e. The predicted octanol–water partition coefficient (Wildman–Crippen LogP) is 8.43. The van der Waals surface area contributed by atoms with Gasteiger partial charge in [-0.15, -0.1) is 0 Å². The Balaban J connectivity index is 1.95. The molecule has 1 aromatic heterocycles. The van der Waals surface area contributed by atoms with Crippen molar-refractivity contribution in [2.24, 2.45) is 17.9 Å². The molecule has 0 unspecified atom stereocenters. The summed E-state index contributed by atoms with van der Waals surface area (Å²) < 4.78 is 19.7. The molecule has 1 aliphatic heterocycles. The van der Waals surface area contributed by atoms with Crippen LogP contribution in [-0.4, -0.2) is 0 Å². The van der Waals surface area contributed by atoms with Gasteiger partial charge in [-0.3, -0.25) is 0 Å². The zero-order valence-electron chi connectivity index (χ0n) is 23.2. The summed E-state index contributed by atoms with van der Waals surface area (Å²) in [5.41, 5.74) is 6.54. The van der Waals surface area contributed by atoms with Crippen LogP contribution >= 0.6 is 11.8 Å². The fourth-order valence-electron chi connectivity index (χ4n) is 5.34. The van der Waals surface area contributed by atoms with Crippen LogP contribution < -0.4 is 4.57 Å². The number of aromatic nitrogens is 1. The van der Waals surface area contributed by atoms with Crippen LogP contribution in [0.5, 0.6) is 0 Å². The average Bonchev–Trinajstić information content (AvgIpc) is 2.75. The van der Waals surface area contributed by atoms with Gasteiger partial charge in [0.2, 0.25) is 5.69 Å². The second-order valence-corrected chi connectivity index (χ2v) is 13.1. The molecular weight excluding hydrogens is 418 g/mol. The average molecular weight is 457 g/mol. The third-order valence-electron chi connectivity index (χ3n) is 6.52. The molecule has 2 heteroatoms. The lowest BCUT2D eigenvalue weighted by Gasteiger charge is -2.28. The van der Waals surface area contributed by atoms with Crippen molar-refractivity contribution in [2.45, 2.75) is 71.1 Å². The van der Waals surface area contributed by atoms with E-state index in [1.165, 1.54) is 42.8 Å². The Morgan fingerprint density at radius 2 is 1.61 bits per heavy atom. The van der Waals surface area contributed by atoms with E-state index in [2.05, 4.69) is 84.9 Å². The second kappa shape index (κ2) is 7.60. The van der Waals surface area contributed by atoms with Gasteiger partial charge in [-0.25, -0.2) is 4.57 Å². The van der Waals surface area contributed by atoms with Crippen molar-refractivity contribution in [2.75, 3.05) is 0 Å². The molecule has 2 heterocycles. The minimum absolute atomic E-state index is 0.143. The van der Waals surface area contributed by atoms with Crippen molar-refractivity contribution in [3.05, 3.63) is 65.3 Å². The topological polar surface area (TPSA) is 3.88 Å². The van der Waals surface area contributed by atoms with E-state index in [1.807, 2.05) is 23.4 Å². The number of hydrogen-bond acceptors (Lipinski definition) is 1. The molecule has 0 atom stereocenters. The summed E-state index contributed by atoms with van der Waals surface area (Å²) in [6.07, 6.45) is 2.20. The van der Waals surface area contributed by atoms with E-state index < -0.39 is 0 Å². The normalized spacial score (nSPS) is 14.4. The van der Waals surface area contributed by atoms with Gasteiger partial charge in [0.25, 0.3) is 0 Å². The van der Waals surface area contributed by atoms with E-state index in [-0.39, 0.29) is 17.0 Å². The maximum absolute atomic E-state index is 8.86. The fourth-order valence-corrected chi connectivity index (χ4v) is 6.73. The number of benzene rings is 3. The number of rotatable bonds is 2. The molecule has 1 aliphatic rings. The molecule has 0 fully saturated rings. The Morgan fingerprint density at radius 3 is 2.27 bits per heavy atom. The van der Waals surface area contributed by atoms with Crippen LogP contribution in [0.2, 0.25) is 0 Å². The predicted molar refractivity (Wildman–Crippen MR) is 143 cm³/mol. The molecule has 0 aliphatic carbocycles. The van der Waals surface area contributed by atoms with Gasteiger partial charge >= 0.3 is 0 Å². The van der Waals surface area contributed by atoms with Crippen LogP contribution in [0.1, 0.15) is 61.0 Å². The van der Waals surface area contributed by atoms with Gasteiger partial charge in [0.05, 0.1) is 12.3 Å². The van der Waals surface area contributed by atoms with Crippen LogP contribution in [0.25, 0.3) is 32.8 Å². The van der Waals surface area contributed by atoms with Crippen molar-refractivity contribution in [3.63, 3.8) is 0 Å². The molecular formula is C31H36NS+. The van der Waals surface area contributed by atoms with Gasteiger partial charge < -0.3 is 0 Å². The van der Waals surface area contributed by atoms with Gasteiger partial charge in [0.15, 0.2) is 6.17 Å². The lowest BCUT2D eigenvalue weighted by Crippen LogP contribution is -2.32. The lowest BCUT2D eigenvalue weighted by molar-refractivity contribution is -0.659. The summed E-state index contributed by atoms with van der Waals surface area (Å²) in [4.78, 5) is 2.55. The highest BCUT2D eigenvalue weighted by molar-refractivity contribution is 7.99. The van der Waals surface area contributed by atoms with E-state index in [1.54, 1.807) is 0 Å². The molecule has 0 radical (unpaired) electrons. The highest BCUT2D eigenvalue weighted by Gasteiger charge is 2.33. The summed E-state index contributed by atoms with van der Waals surface area (Å²) in [6.45, 7) is 15.9. The minimum atomic E-state index is 0.143. The molecule has 0 spiro atoms. The molecule has 0 amide bonds. The Kier molecular flexibility index (Phi) is 4.63. The molecule has 33 heavy (non-hydrogen) atoms. The van der Waals surface area contributed by atoms with Crippen LogP contribution in [0.4, 0.5) is 0 Å². The summed E-state index contributed by atoms with van der Waals surface area (Å²) in [7, 11) is 1.96. The van der Waals surface area contributed by atoms with E-state index in [4.69, 9.17) is 2.74 Å². The lowest BCUT2D eigenvalue weighted by atomic mass is 9.83. The summed E-state index contributed by atoms with van der Waals surface area (Å²) in [5.74, 6) is 0. The van der Waals surface area contributed by atoms with E-state index >= 15 is 0 Å². The molecule has 1 nitrogen and oxygen atoms in total. The molecule has 0 bridgehead atoms. The van der Waals surface area contributed by atoms with Crippen molar-refractivity contribution in [1.82, 2.24) is 0 Å². The molecule has 170 valence electrons. The van der Waals surface area contributed by atoms with E-state index in [0.717, 1.165) is 29.3 Å². The van der Waals surface area contributed by atoms with Crippen molar-refractivity contribution < 1.29 is 7.31 Å². The molecule has 3 aromatic carbocycles. The molecule has 4 aromatic rings. The van der Waals surface area contributed by atoms with Crippen LogP contribution in [-0.2, 0) is 19.9 Å². The molecule has 0 saturated heterocycles. The van der Waals surface area contributed by atoms with E-state index in [9.17, 15) is 0 Å². The fraction of sp³-hybridized carbons (Fsp3) is 0.387. The third-order valence-corrected chi connectivity index (χ3v) is 7.71. The smallest absolute Gasteiger partial charge is 0.200 e. The van der Waals surface area contributed by atoms with Gasteiger partial charge in [0, 0.05) is 15.8 Å². The Hall–Kier alpha value is -2.32. The molecule has 0 N–H and O–H groups in total. The number of fused-ring (bicyclic) bond motifs is 3. The number of pyridine rings is 1. The zero-order chi connectivity index (χ0) is 25.4. The van der Waals surface area contributed by atoms with Crippen LogP contribution in [0, 0.1) is 17.8 Å². The third kappa shape index (κ3) is 3.97. The van der Waals surface area contributed by atoms with Crippen LogP contribution in [0.15, 0.2) is 58.4 Å². The first-order valence-corrected chi connectivity index (χ1v) is 12.8. The van der Waals surface area contributed by atoms with Gasteiger partial charge in [-0.1, -0.05) is 83.6 Å². The highest BCUT2D eigenvalue weighted by atomic mass is 32.2. The standard InChI is InChI=1S/C31H36NS/c1-19-22-11-9-10-12-23(22)24(18-31(5,6)7)29-26(19)28-27-21(13-14-32(28)8)15-20(16-25(27)33-29)17-30(2,3)4/h9-16H,17-18H2,1-8H3/q+1/i13D,14D. The van der Waals surface area contributed by atoms with Crippen molar-refractivity contribution in [1.29, 1.82) is 0 Å². The molecule has 0 saturated carbocycles. The first-order chi connectivity index (χ1) is 16.3.